The largest absolute Gasteiger partial charge is 0.493 e. The Morgan fingerprint density at radius 3 is 2.56 bits per heavy atom. The third kappa shape index (κ3) is 3.97. The van der Waals surface area contributed by atoms with Crippen molar-refractivity contribution in [2.45, 2.75) is 6.54 Å². The van der Waals surface area contributed by atoms with E-state index in [4.69, 9.17) is 9.47 Å². The van der Waals surface area contributed by atoms with Crippen LogP contribution in [0.5, 0.6) is 11.5 Å². The first-order valence-corrected chi connectivity index (χ1v) is 9.76. The van der Waals surface area contributed by atoms with E-state index in [2.05, 4.69) is 20.5 Å². The molecule has 2 aromatic carbocycles. The first-order chi connectivity index (χ1) is 15.5. The lowest BCUT2D eigenvalue weighted by atomic mass is 10.2. The van der Waals surface area contributed by atoms with E-state index in [9.17, 15) is 9.59 Å². The summed E-state index contributed by atoms with van der Waals surface area (Å²) in [5.41, 5.74) is 4.12. The van der Waals surface area contributed by atoms with Gasteiger partial charge in [-0.15, -0.1) is 0 Å². The van der Waals surface area contributed by atoms with Gasteiger partial charge in [0.15, 0.2) is 22.7 Å². The van der Waals surface area contributed by atoms with Gasteiger partial charge >= 0.3 is 5.69 Å². The monoisotopic (exact) mass is 434 g/mol. The molecule has 10 nitrogen and oxygen atoms in total. The zero-order chi connectivity index (χ0) is 22.7. The number of aromatic nitrogens is 4. The first-order valence-electron chi connectivity index (χ1n) is 9.76. The van der Waals surface area contributed by atoms with Crippen LogP contribution >= 0.6 is 0 Å². The molecule has 0 fully saturated rings. The highest BCUT2D eigenvalue weighted by atomic mass is 16.5. The number of ether oxygens (including phenoxy) is 2. The zero-order valence-corrected chi connectivity index (χ0v) is 17.8. The molecular weight excluding hydrogens is 412 g/mol. The van der Waals surface area contributed by atoms with Crippen molar-refractivity contribution in [1.29, 1.82) is 0 Å². The zero-order valence-electron chi connectivity index (χ0n) is 17.8. The molecule has 4 rings (SSSR count). The Balaban J connectivity index is 1.73. The van der Waals surface area contributed by atoms with Crippen LogP contribution in [-0.2, 0) is 13.6 Å². The van der Waals surface area contributed by atoms with Gasteiger partial charge in [0.1, 0.15) is 0 Å². The van der Waals surface area contributed by atoms with Crippen LogP contribution in [0, 0.1) is 0 Å². The van der Waals surface area contributed by atoms with E-state index in [-0.39, 0.29) is 11.2 Å². The second kappa shape index (κ2) is 8.80. The summed E-state index contributed by atoms with van der Waals surface area (Å²) in [7, 11) is 4.68. The number of fused-ring (bicyclic) bond motifs is 1. The maximum absolute atomic E-state index is 12.6. The molecule has 164 valence electrons. The number of hydrogen-bond donors (Lipinski definition) is 2. The molecule has 0 saturated heterocycles. The molecule has 0 aliphatic carbocycles. The minimum atomic E-state index is -0.535. The molecule has 0 saturated carbocycles. The van der Waals surface area contributed by atoms with Crippen molar-refractivity contribution in [3.05, 3.63) is 80.5 Å². The summed E-state index contributed by atoms with van der Waals surface area (Å²) in [5.74, 6) is 1.52. The summed E-state index contributed by atoms with van der Waals surface area (Å²) in [4.78, 5) is 31.4. The van der Waals surface area contributed by atoms with Gasteiger partial charge < -0.3 is 9.47 Å². The number of aromatic amines is 1. The lowest BCUT2D eigenvalue weighted by molar-refractivity contribution is 0.355. The van der Waals surface area contributed by atoms with E-state index in [0.717, 1.165) is 11.1 Å². The van der Waals surface area contributed by atoms with Crippen molar-refractivity contribution in [3.8, 4) is 11.5 Å². The molecule has 32 heavy (non-hydrogen) atoms. The number of benzene rings is 2. The van der Waals surface area contributed by atoms with Crippen molar-refractivity contribution in [2.24, 2.45) is 12.1 Å². The van der Waals surface area contributed by atoms with Crippen LogP contribution in [0.3, 0.4) is 0 Å². The number of aryl methyl sites for hydroxylation is 1. The SMILES string of the molecule is COc1ccc(/C=N\Nc2nc3c(c(=O)[nH]c(=O)n3C)n2Cc2ccccc2)cc1OC. The lowest BCUT2D eigenvalue weighted by Crippen LogP contribution is -2.29. The maximum atomic E-state index is 12.6. The molecule has 0 amide bonds. The number of hydrazone groups is 1. The fourth-order valence-corrected chi connectivity index (χ4v) is 3.34. The van der Waals surface area contributed by atoms with E-state index in [1.54, 1.807) is 44.2 Å². The Kier molecular flexibility index (Phi) is 5.75. The number of nitrogens with one attached hydrogen (secondary N) is 2. The molecule has 10 heteroatoms. The van der Waals surface area contributed by atoms with Crippen LogP contribution < -0.4 is 26.1 Å². The number of hydrogen-bond acceptors (Lipinski definition) is 7. The summed E-state index contributed by atoms with van der Waals surface area (Å²) < 4.78 is 13.5. The Morgan fingerprint density at radius 2 is 1.84 bits per heavy atom. The average molecular weight is 434 g/mol. The summed E-state index contributed by atoms with van der Waals surface area (Å²) >= 11 is 0. The van der Waals surface area contributed by atoms with Crippen LogP contribution in [0.1, 0.15) is 11.1 Å². The van der Waals surface area contributed by atoms with Gasteiger partial charge in [0, 0.05) is 7.05 Å². The van der Waals surface area contributed by atoms with E-state index in [1.165, 1.54) is 4.57 Å². The van der Waals surface area contributed by atoms with E-state index < -0.39 is 11.2 Å². The molecule has 2 N–H and O–H groups in total. The number of imidazole rings is 1. The van der Waals surface area contributed by atoms with Gasteiger partial charge in [-0.1, -0.05) is 30.3 Å². The first kappa shape index (κ1) is 20.9. The molecule has 0 spiro atoms. The highest BCUT2D eigenvalue weighted by Crippen LogP contribution is 2.27. The predicted molar refractivity (Wildman–Crippen MR) is 122 cm³/mol. The Bertz CT molecular complexity index is 1400. The van der Waals surface area contributed by atoms with Gasteiger partial charge in [-0.25, -0.2) is 10.2 Å². The molecular formula is C22H22N6O4. The molecule has 0 aliphatic rings. The second-order valence-electron chi connectivity index (χ2n) is 6.98. The van der Waals surface area contributed by atoms with Gasteiger partial charge in [0.2, 0.25) is 5.95 Å². The van der Waals surface area contributed by atoms with Gasteiger partial charge in [-0.3, -0.25) is 18.9 Å². The van der Waals surface area contributed by atoms with Gasteiger partial charge in [0.05, 0.1) is 27.0 Å². The van der Waals surface area contributed by atoms with Crippen molar-refractivity contribution in [1.82, 2.24) is 19.1 Å². The van der Waals surface area contributed by atoms with Crippen LogP contribution in [-0.4, -0.2) is 39.5 Å². The molecule has 0 bridgehead atoms. The lowest BCUT2D eigenvalue weighted by Gasteiger charge is -2.09. The highest BCUT2D eigenvalue weighted by molar-refractivity contribution is 5.82. The van der Waals surface area contributed by atoms with E-state index in [1.807, 2.05) is 36.4 Å². The summed E-state index contributed by atoms with van der Waals surface area (Å²) in [6.45, 7) is 0.368. The van der Waals surface area contributed by atoms with Crippen LogP contribution in [0.4, 0.5) is 5.95 Å². The van der Waals surface area contributed by atoms with Crippen molar-refractivity contribution in [3.63, 3.8) is 0 Å². The predicted octanol–water partition coefficient (Wildman–Crippen LogP) is 1.93. The summed E-state index contributed by atoms with van der Waals surface area (Å²) in [6.07, 6.45) is 1.59. The van der Waals surface area contributed by atoms with Crippen LogP contribution in [0.15, 0.2) is 63.2 Å². The smallest absolute Gasteiger partial charge is 0.329 e. The van der Waals surface area contributed by atoms with Crippen LogP contribution in [0.2, 0.25) is 0 Å². The number of nitrogens with zero attached hydrogens (tertiary/aromatic N) is 4. The Labute approximate surface area is 182 Å². The average Bonchev–Trinajstić information content (AvgIpc) is 3.16. The van der Waals surface area contributed by atoms with Crippen molar-refractivity contribution < 1.29 is 9.47 Å². The van der Waals surface area contributed by atoms with Crippen molar-refractivity contribution >= 4 is 23.3 Å². The minimum Gasteiger partial charge on any atom is -0.493 e. The standard InChI is InChI=1S/C22H22N6O4/c1-27-19-18(20(29)25-22(27)30)28(13-14-7-5-4-6-8-14)21(24-19)26-23-12-15-9-10-16(31-2)17(11-15)32-3/h4-12H,13H2,1-3H3,(H,24,26)(H,25,29,30)/b23-12-. The molecule has 0 atom stereocenters. The number of methoxy groups -OCH3 is 2. The fraction of sp³-hybridized carbons (Fsp3) is 0.182. The van der Waals surface area contributed by atoms with Gasteiger partial charge in [-0.05, 0) is 29.3 Å². The normalized spacial score (nSPS) is 11.2. The summed E-state index contributed by atoms with van der Waals surface area (Å²) in [5, 5.41) is 4.27. The van der Waals surface area contributed by atoms with Gasteiger partial charge in [-0.2, -0.15) is 10.1 Å². The fourth-order valence-electron chi connectivity index (χ4n) is 3.34. The third-order valence-electron chi connectivity index (χ3n) is 4.98. The summed E-state index contributed by atoms with van der Waals surface area (Å²) in [6, 6.07) is 15.0. The molecule has 2 heterocycles. The third-order valence-corrected chi connectivity index (χ3v) is 4.98. The Morgan fingerprint density at radius 1 is 1.09 bits per heavy atom. The number of anilines is 1. The minimum absolute atomic E-state index is 0.262. The van der Waals surface area contributed by atoms with Gasteiger partial charge in [0.25, 0.3) is 5.56 Å². The highest BCUT2D eigenvalue weighted by Gasteiger charge is 2.17. The van der Waals surface area contributed by atoms with Crippen molar-refractivity contribution in [2.75, 3.05) is 19.6 Å². The number of rotatable bonds is 7. The van der Waals surface area contributed by atoms with E-state index in [0.29, 0.717) is 24.0 Å². The maximum Gasteiger partial charge on any atom is 0.329 e. The molecule has 0 unspecified atom stereocenters. The van der Waals surface area contributed by atoms with Crippen LogP contribution in [0.25, 0.3) is 11.2 Å². The Hall–Kier alpha value is -4.34. The molecule has 0 radical (unpaired) electrons. The molecule has 4 aromatic rings. The molecule has 0 aliphatic heterocycles. The second-order valence-corrected chi connectivity index (χ2v) is 6.98. The number of H-pyrrole nitrogens is 1. The quantitative estimate of drug-likeness (QED) is 0.339. The molecule has 2 aromatic heterocycles. The topological polar surface area (TPSA) is 116 Å². The van der Waals surface area contributed by atoms with E-state index >= 15 is 0 Å².